The summed E-state index contributed by atoms with van der Waals surface area (Å²) in [5, 5.41) is 5.28. The first-order chi connectivity index (χ1) is 21.9. The third-order valence-electron chi connectivity index (χ3n) is 7.06. The highest BCUT2D eigenvalue weighted by Crippen LogP contribution is 2.31. The number of hydrogen-bond donors (Lipinski definition) is 0. The van der Waals surface area contributed by atoms with Crippen LogP contribution in [-0.2, 0) is 13.1 Å². The van der Waals surface area contributed by atoms with Crippen molar-refractivity contribution < 1.29 is 0 Å². The fourth-order valence-corrected chi connectivity index (χ4v) is 5.46. The summed E-state index contributed by atoms with van der Waals surface area (Å²) in [4.78, 5) is 0. The lowest BCUT2D eigenvalue weighted by Gasteiger charge is -2.11. The molecule has 0 aliphatic carbocycles. The third kappa shape index (κ3) is 7.61. The predicted octanol–water partition coefficient (Wildman–Crippen LogP) is 13.1. The molecule has 2 heteroatoms. The van der Waals surface area contributed by atoms with Gasteiger partial charge in [-0.3, -0.25) is 0 Å². The summed E-state index contributed by atoms with van der Waals surface area (Å²) in [5.41, 5.74) is 7.79. The maximum atomic E-state index is 2.44. The molecule has 5 aromatic carbocycles. The van der Waals surface area contributed by atoms with Crippen molar-refractivity contribution in [1.82, 2.24) is 9.13 Å². The van der Waals surface area contributed by atoms with Crippen molar-refractivity contribution >= 4 is 43.6 Å². The molecule has 0 aliphatic heterocycles. The van der Waals surface area contributed by atoms with E-state index in [1.807, 2.05) is 69.2 Å². The van der Waals surface area contributed by atoms with Crippen LogP contribution in [0, 0.1) is 0 Å². The van der Waals surface area contributed by atoms with E-state index in [9.17, 15) is 0 Å². The zero-order chi connectivity index (χ0) is 32.5. The van der Waals surface area contributed by atoms with Crippen LogP contribution in [-0.4, -0.2) is 9.13 Å². The molecule has 0 spiro atoms. The molecule has 0 bridgehead atoms. The highest BCUT2D eigenvalue weighted by Gasteiger charge is 2.12. The zero-order valence-electron chi connectivity index (χ0n) is 28.9. The Morgan fingerprint density at radius 3 is 0.727 bits per heavy atom. The van der Waals surface area contributed by atoms with Crippen LogP contribution in [0.3, 0.4) is 0 Å². The molecule has 2 heterocycles. The van der Waals surface area contributed by atoms with Gasteiger partial charge in [0.25, 0.3) is 0 Å². The van der Waals surface area contributed by atoms with E-state index in [-0.39, 0.29) is 0 Å². The molecule has 7 aromatic rings. The zero-order valence-corrected chi connectivity index (χ0v) is 28.9. The van der Waals surface area contributed by atoms with E-state index in [2.05, 4.69) is 130 Å². The van der Waals surface area contributed by atoms with E-state index in [1.165, 1.54) is 54.7 Å². The average Bonchev–Trinajstić information content (AvgIpc) is 3.62. The van der Waals surface area contributed by atoms with Gasteiger partial charge >= 0.3 is 0 Å². The monoisotopic (exact) mass is 586 g/mol. The average molecular weight is 587 g/mol. The minimum atomic E-state index is 0.865. The van der Waals surface area contributed by atoms with Gasteiger partial charge in [-0.2, -0.15) is 0 Å². The maximum absolute atomic E-state index is 2.44. The molecular weight excluding hydrogens is 532 g/mol. The van der Waals surface area contributed by atoms with Gasteiger partial charge < -0.3 is 9.13 Å². The highest BCUT2D eigenvalue weighted by atomic mass is 15.0. The second-order valence-electron chi connectivity index (χ2n) is 9.06. The Morgan fingerprint density at radius 1 is 0.295 bits per heavy atom. The van der Waals surface area contributed by atoms with Gasteiger partial charge in [-0.1, -0.05) is 166 Å². The quantitative estimate of drug-likeness (QED) is 0.194. The Hall–Kier alpha value is -4.30. The Labute approximate surface area is 267 Å². The number of rotatable bonds is 4. The summed E-state index contributed by atoms with van der Waals surface area (Å²) < 4.78 is 4.87. The summed E-state index contributed by atoms with van der Waals surface area (Å²) in [7, 11) is 0. The van der Waals surface area contributed by atoms with Crippen LogP contribution in [0.4, 0.5) is 0 Å². The summed E-state index contributed by atoms with van der Waals surface area (Å²) in [5.74, 6) is 0. The van der Waals surface area contributed by atoms with Crippen molar-refractivity contribution in [2.45, 2.75) is 82.3 Å². The van der Waals surface area contributed by atoms with E-state index < -0.39 is 0 Å². The minimum absolute atomic E-state index is 0.865. The summed E-state index contributed by atoms with van der Waals surface area (Å²) in [6.07, 6.45) is 0. The lowest BCUT2D eigenvalue weighted by atomic mass is 10.1. The Bertz CT molecular complexity index is 1560. The molecule has 0 amide bonds. The Kier molecular flexibility index (Phi) is 15.6. The number of fused-ring (bicyclic) bond motifs is 6. The van der Waals surface area contributed by atoms with Gasteiger partial charge in [-0.15, -0.1) is 0 Å². The Balaban J connectivity index is 0.000000618. The maximum Gasteiger partial charge on any atom is 0.0494 e. The van der Waals surface area contributed by atoms with E-state index >= 15 is 0 Å². The second kappa shape index (κ2) is 19.1. The van der Waals surface area contributed by atoms with Crippen molar-refractivity contribution in [1.29, 1.82) is 0 Å². The van der Waals surface area contributed by atoms with Gasteiger partial charge in [0.2, 0.25) is 0 Å². The number of nitrogens with zero attached hydrogens (tertiary/aromatic N) is 2. The highest BCUT2D eigenvalue weighted by molar-refractivity contribution is 6.08. The minimum Gasteiger partial charge on any atom is -0.336 e. The SMILES string of the molecule is CC.CC.CC.CC.CC.c1ccc2c(c1)c1ccccc1n2Cc1ccc(Cn2c3ccccc3c3ccccc32)cc1. The summed E-state index contributed by atoms with van der Waals surface area (Å²) >= 11 is 0. The van der Waals surface area contributed by atoms with Crippen LogP contribution >= 0.6 is 0 Å². The molecule has 2 nitrogen and oxygen atoms in total. The molecule has 0 radical (unpaired) electrons. The van der Waals surface area contributed by atoms with Crippen LogP contribution in [0.2, 0.25) is 0 Å². The Morgan fingerprint density at radius 2 is 0.500 bits per heavy atom. The van der Waals surface area contributed by atoms with Crippen molar-refractivity contribution in [2.75, 3.05) is 0 Å². The van der Waals surface area contributed by atoms with Gasteiger partial charge in [-0.05, 0) is 35.4 Å². The molecule has 0 unspecified atom stereocenters. The van der Waals surface area contributed by atoms with Crippen LogP contribution in [0.25, 0.3) is 43.6 Å². The standard InChI is InChI=1S/C32H24N2.5C2H6/c1-5-13-29-25(9-1)26-10-2-6-14-30(26)33(29)21-23-17-19-24(20-18-23)22-34-31-15-7-3-11-27(31)28-12-4-8-16-32(28)34;5*1-2/h1-20H,21-22H2;5*1-2H3. The predicted molar refractivity (Wildman–Crippen MR) is 200 cm³/mol. The van der Waals surface area contributed by atoms with Crippen LogP contribution in [0.15, 0.2) is 121 Å². The first-order valence-electron chi connectivity index (χ1n) is 16.9. The molecule has 232 valence electrons. The van der Waals surface area contributed by atoms with Crippen LogP contribution in [0.1, 0.15) is 80.4 Å². The van der Waals surface area contributed by atoms with Gasteiger partial charge in [0.15, 0.2) is 0 Å². The van der Waals surface area contributed by atoms with Crippen molar-refractivity contribution in [3.8, 4) is 0 Å². The lowest BCUT2D eigenvalue weighted by molar-refractivity contribution is 0.852. The van der Waals surface area contributed by atoms with Crippen molar-refractivity contribution in [3.05, 3.63) is 132 Å². The molecule has 2 aromatic heterocycles. The first-order valence-corrected chi connectivity index (χ1v) is 16.9. The molecule has 0 N–H and O–H groups in total. The fourth-order valence-electron chi connectivity index (χ4n) is 5.46. The van der Waals surface area contributed by atoms with Gasteiger partial charge in [0.1, 0.15) is 0 Å². The topological polar surface area (TPSA) is 9.86 Å². The van der Waals surface area contributed by atoms with E-state index in [1.54, 1.807) is 0 Å². The lowest BCUT2D eigenvalue weighted by Crippen LogP contribution is -2.01. The van der Waals surface area contributed by atoms with E-state index in [0.29, 0.717) is 0 Å². The number of benzene rings is 5. The largest absolute Gasteiger partial charge is 0.336 e. The molecule has 44 heavy (non-hydrogen) atoms. The van der Waals surface area contributed by atoms with Crippen molar-refractivity contribution in [2.24, 2.45) is 0 Å². The van der Waals surface area contributed by atoms with Gasteiger partial charge in [0.05, 0.1) is 0 Å². The molecule has 7 rings (SSSR count). The smallest absolute Gasteiger partial charge is 0.0494 e. The normalized spacial score (nSPS) is 9.77. The molecule has 0 saturated heterocycles. The van der Waals surface area contributed by atoms with Crippen molar-refractivity contribution in [3.63, 3.8) is 0 Å². The molecule has 0 aliphatic rings. The molecule has 0 atom stereocenters. The molecular formula is C42H54N2. The number of aromatic nitrogens is 2. The fraction of sp³-hybridized carbons (Fsp3) is 0.286. The second-order valence-corrected chi connectivity index (χ2v) is 9.06. The first kappa shape index (κ1) is 35.9. The number of para-hydroxylation sites is 4. The molecule has 0 fully saturated rings. The van der Waals surface area contributed by atoms with Crippen LogP contribution < -0.4 is 0 Å². The van der Waals surface area contributed by atoms with E-state index in [4.69, 9.17) is 0 Å². The summed E-state index contributed by atoms with van der Waals surface area (Å²) in [6, 6.07) is 44.0. The van der Waals surface area contributed by atoms with Crippen LogP contribution in [0.5, 0.6) is 0 Å². The van der Waals surface area contributed by atoms with E-state index in [0.717, 1.165) is 13.1 Å². The van der Waals surface area contributed by atoms with Gasteiger partial charge in [-0.25, -0.2) is 0 Å². The van der Waals surface area contributed by atoms with Gasteiger partial charge in [0, 0.05) is 56.7 Å². The number of hydrogen-bond acceptors (Lipinski definition) is 0. The third-order valence-corrected chi connectivity index (χ3v) is 7.06. The molecule has 0 saturated carbocycles. The summed E-state index contributed by atoms with van der Waals surface area (Å²) in [6.45, 7) is 21.7.